The maximum absolute atomic E-state index is 13.1. The molecule has 3 heteroatoms. The van der Waals surface area contributed by atoms with Gasteiger partial charge in [-0.1, -0.05) is 19.9 Å². The Morgan fingerprint density at radius 3 is 2.64 bits per heavy atom. The number of amides is 1. The van der Waals surface area contributed by atoms with Gasteiger partial charge in [0.1, 0.15) is 5.78 Å². The first kappa shape index (κ1) is 17.3. The van der Waals surface area contributed by atoms with E-state index in [-0.39, 0.29) is 16.7 Å². The summed E-state index contributed by atoms with van der Waals surface area (Å²) in [5.74, 6) is 2.93. The van der Waals surface area contributed by atoms with E-state index in [1.807, 2.05) is 18.0 Å². The van der Waals surface area contributed by atoms with Crippen molar-refractivity contribution in [1.82, 2.24) is 4.90 Å². The third-order valence-electron chi connectivity index (χ3n) is 8.87. The standard InChI is InChI=1S/C22H33NO2/c1-5-6-14-13-17-15-7-8-18-21(2,12-10-19(24)23(18)4)16(15)9-11-22(17,3)20(14)25/h5,14-18H,1,6-13H2,2-4H3/t14-,15?,16?,17?,18+,21?,22?/m0/s1. The third kappa shape index (κ3) is 2.23. The number of ketones is 1. The molecule has 4 fully saturated rings. The zero-order chi connectivity index (χ0) is 18.0. The molecule has 138 valence electrons. The second-order valence-corrected chi connectivity index (χ2v) is 9.76. The van der Waals surface area contributed by atoms with Gasteiger partial charge in [0, 0.05) is 30.8 Å². The summed E-state index contributed by atoms with van der Waals surface area (Å²) in [5.41, 5.74) is 0.140. The molecule has 3 aliphatic carbocycles. The van der Waals surface area contributed by atoms with Gasteiger partial charge >= 0.3 is 0 Å². The fourth-order valence-electron chi connectivity index (χ4n) is 7.50. The highest BCUT2D eigenvalue weighted by Crippen LogP contribution is 2.64. The maximum Gasteiger partial charge on any atom is 0.222 e. The van der Waals surface area contributed by atoms with Crippen LogP contribution >= 0.6 is 0 Å². The Hall–Kier alpha value is -1.12. The molecular formula is C22H33NO2. The van der Waals surface area contributed by atoms with E-state index in [2.05, 4.69) is 20.4 Å². The van der Waals surface area contributed by atoms with Crippen molar-refractivity contribution < 1.29 is 9.59 Å². The topological polar surface area (TPSA) is 37.4 Å². The zero-order valence-corrected chi connectivity index (χ0v) is 16.1. The number of carbonyl (C=O) groups excluding carboxylic acids is 2. The molecule has 0 bridgehead atoms. The Labute approximate surface area is 152 Å². The molecule has 4 aliphatic rings. The smallest absolute Gasteiger partial charge is 0.222 e. The quantitative estimate of drug-likeness (QED) is 0.704. The van der Waals surface area contributed by atoms with Crippen molar-refractivity contribution in [1.29, 1.82) is 0 Å². The van der Waals surface area contributed by atoms with Gasteiger partial charge in [0.2, 0.25) is 5.91 Å². The molecular weight excluding hydrogens is 310 g/mol. The molecule has 1 heterocycles. The second-order valence-electron chi connectivity index (χ2n) is 9.76. The van der Waals surface area contributed by atoms with E-state index in [0.29, 0.717) is 41.9 Å². The summed E-state index contributed by atoms with van der Waals surface area (Å²) in [5, 5.41) is 0. The summed E-state index contributed by atoms with van der Waals surface area (Å²) in [6.45, 7) is 8.57. The minimum atomic E-state index is -0.103. The normalized spacial score (nSPS) is 49.4. The van der Waals surface area contributed by atoms with E-state index in [9.17, 15) is 9.59 Å². The number of allylic oxidation sites excluding steroid dienone is 1. The Kier molecular flexibility index (Phi) is 3.94. The van der Waals surface area contributed by atoms with Crippen LogP contribution in [0.2, 0.25) is 0 Å². The number of piperidine rings is 1. The molecule has 0 aromatic rings. The van der Waals surface area contributed by atoms with Crippen LogP contribution < -0.4 is 0 Å². The van der Waals surface area contributed by atoms with E-state index in [4.69, 9.17) is 0 Å². The number of fused-ring (bicyclic) bond motifs is 5. The highest BCUT2D eigenvalue weighted by Gasteiger charge is 2.62. The van der Waals surface area contributed by atoms with Gasteiger partial charge in [0.25, 0.3) is 0 Å². The summed E-state index contributed by atoms with van der Waals surface area (Å²) >= 11 is 0. The molecule has 1 amide bonds. The lowest BCUT2D eigenvalue weighted by atomic mass is 9.47. The average Bonchev–Trinajstić information content (AvgIpc) is 2.84. The van der Waals surface area contributed by atoms with Crippen LogP contribution in [-0.2, 0) is 9.59 Å². The molecule has 1 saturated heterocycles. The molecule has 0 spiro atoms. The van der Waals surface area contributed by atoms with Gasteiger partial charge in [-0.15, -0.1) is 6.58 Å². The molecule has 0 aromatic carbocycles. The van der Waals surface area contributed by atoms with Crippen molar-refractivity contribution in [2.45, 2.75) is 71.3 Å². The highest BCUT2D eigenvalue weighted by atomic mass is 16.2. The average molecular weight is 344 g/mol. The Morgan fingerprint density at radius 1 is 1.16 bits per heavy atom. The van der Waals surface area contributed by atoms with Crippen LogP contribution in [0.15, 0.2) is 12.7 Å². The molecule has 0 radical (unpaired) electrons. The Bertz CT molecular complexity index is 613. The fraction of sp³-hybridized carbons (Fsp3) is 0.818. The van der Waals surface area contributed by atoms with Gasteiger partial charge in [-0.3, -0.25) is 9.59 Å². The summed E-state index contributed by atoms with van der Waals surface area (Å²) < 4.78 is 0. The third-order valence-corrected chi connectivity index (χ3v) is 8.87. The van der Waals surface area contributed by atoms with Crippen molar-refractivity contribution >= 4 is 11.7 Å². The maximum atomic E-state index is 13.1. The molecule has 7 atom stereocenters. The minimum Gasteiger partial charge on any atom is -0.342 e. The van der Waals surface area contributed by atoms with E-state index >= 15 is 0 Å². The van der Waals surface area contributed by atoms with E-state index in [0.717, 1.165) is 32.1 Å². The van der Waals surface area contributed by atoms with Crippen molar-refractivity contribution in [2.75, 3.05) is 7.05 Å². The largest absolute Gasteiger partial charge is 0.342 e. The van der Waals surface area contributed by atoms with Gasteiger partial charge in [-0.2, -0.15) is 0 Å². The predicted molar refractivity (Wildman–Crippen MR) is 98.9 cm³/mol. The van der Waals surface area contributed by atoms with Crippen molar-refractivity contribution in [3.05, 3.63) is 12.7 Å². The summed E-state index contributed by atoms with van der Waals surface area (Å²) in [7, 11) is 2.01. The lowest BCUT2D eigenvalue weighted by molar-refractivity contribution is -0.158. The molecule has 4 rings (SSSR count). The molecule has 0 aromatic heterocycles. The van der Waals surface area contributed by atoms with Gasteiger partial charge in [0.15, 0.2) is 0 Å². The first-order valence-corrected chi connectivity index (χ1v) is 10.2. The van der Waals surface area contributed by atoms with Crippen LogP contribution in [0.3, 0.4) is 0 Å². The molecule has 0 N–H and O–H groups in total. The first-order chi connectivity index (χ1) is 11.8. The van der Waals surface area contributed by atoms with Gasteiger partial charge < -0.3 is 4.90 Å². The van der Waals surface area contributed by atoms with Gasteiger partial charge in [0.05, 0.1) is 0 Å². The highest BCUT2D eigenvalue weighted by molar-refractivity contribution is 5.89. The number of rotatable bonds is 2. The molecule has 3 nitrogen and oxygen atoms in total. The number of carbonyl (C=O) groups is 2. The van der Waals surface area contributed by atoms with Gasteiger partial charge in [-0.25, -0.2) is 0 Å². The molecule has 1 aliphatic heterocycles. The number of Topliss-reactive ketones (excluding diaryl/α,β-unsaturated/α-hetero) is 1. The summed E-state index contributed by atoms with van der Waals surface area (Å²) in [6.07, 6.45) is 10.1. The van der Waals surface area contributed by atoms with Crippen molar-refractivity contribution in [2.24, 2.45) is 34.5 Å². The van der Waals surface area contributed by atoms with Crippen LogP contribution in [0.5, 0.6) is 0 Å². The Balaban J connectivity index is 1.64. The predicted octanol–water partition coefficient (Wildman–Crippen LogP) is 4.22. The van der Waals surface area contributed by atoms with Crippen molar-refractivity contribution in [3.63, 3.8) is 0 Å². The van der Waals surface area contributed by atoms with Crippen molar-refractivity contribution in [3.8, 4) is 0 Å². The Morgan fingerprint density at radius 2 is 1.92 bits per heavy atom. The number of hydrogen-bond acceptors (Lipinski definition) is 2. The second kappa shape index (κ2) is 5.69. The van der Waals surface area contributed by atoms with E-state index < -0.39 is 0 Å². The molecule has 5 unspecified atom stereocenters. The number of likely N-dealkylation sites (tertiary alicyclic amines) is 1. The van der Waals surface area contributed by atoms with Crippen LogP contribution in [0.1, 0.15) is 65.2 Å². The van der Waals surface area contributed by atoms with Gasteiger partial charge in [-0.05, 0) is 68.1 Å². The minimum absolute atomic E-state index is 0.103. The van der Waals surface area contributed by atoms with Crippen LogP contribution in [0.25, 0.3) is 0 Å². The fourth-order valence-corrected chi connectivity index (χ4v) is 7.50. The van der Waals surface area contributed by atoms with E-state index in [1.165, 1.54) is 12.8 Å². The van der Waals surface area contributed by atoms with Crippen LogP contribution in [0, 0.1) is 34.5 Å². The van der Waals surface area contributed by atoms with Crippen LogP contribution in [0.4, 0.5) is 0 Å². The van der Waals surface area contributed by atoms with E-state index in [1.54, 1.807) is 0 Å². The zero-order valence-electron chi connectivity index (χ0n) is 16.1. The van der Waals surface area contributed by atoms with Crippen LogP contribution in [-0.4, -0.2) is 29.7 Å². The SMILES string of the molecule is C=CC[C@H]1CC2C3CC[C@H]4N(C)C(=O)CCC4(C)C3CCC2(C)C1=O. The molecule has 25 heavy (non-hydrogen) atoms. The lowest BCUT2D eigenvalue weighted by Gasteiger charge is -2.61. The first-order valence-electron chi connectivity index (χ1n) is 10.2. The lowest BCUT2D eigenvalue weighted by Crippen LogP contribution is -2.61. The summed E-state index contributed by atoms with van der Waals surface area (Å²) in [4.78, 5) is 27.3. The number of hydrogen-bond donors (Lipinski definition) is 0. The summed E-state index contributed by atoms with van der Waals surface area (Å²) in [6, 6.07) is 0.403. The monoisotopic (exact) mass is 343 g/mol. The number of nitrogens with zero attached hydrogens (tertiary/aromatic N) is 1. The molecule has 3 saturated carbocycles.